The fourth-order valence-electron chi connectivity index (χ4n) is 1.31. The third kappa shape index (κ3) is 3.22. The van der Waals surface area contributed by atoms with Crippen LogP contribution in [0.2, 0.25) is 8.67 Å². The second kappa shape index (κ2) is 5.69. The number of Topliss-reactive ketones (excluding diaryl/α,β-unsaturated/α-hetero) is 1. The first-order valence-corrected chi connectivity index (χ1v) is 6.50. The van der Waals surface area contributed by atoms with Crippen LogP contribution in [0, 0.1) is 5.82 Å². The maximum atomic E-state index is 12.9. The monoisotopic (exact) mass is 304 g/mol. The molecule has 0 fully saturated rings. The molecule has 0 aliphatic rings. The molecule has 1 heterocycles. The number of thiophene rings is 1. The van der Waals surface area contributed by atoms with Crippen LogP contribution in [-0.4, -0.2) is 12.4 Å². The highest BCUT2D eigenvalue weighted by Gasteiger charge is 2.14. The Bertz CT molecular complexity index is 583. The van der Waals surface area contributed by atoms with Gasteiger partial charge in [-0.2, -0.15) is 0 Å². The third-order valence-electron chi connectivity index (χ3n) is 2.12. The molecule has 1 aromatic heterocycles. The molecule has 0 radical (unpaired) electrons. The maximum absolute atomic E-state index is 12.9. The number of carbonyl (C=O) groups is 1. The fourth-order valence-corrected chi connectivity index (χ4v) is 2.81. The summed E-state index contributed by atoms with van der Waals surface area (Å²) in [4.78, 5) is 11.8. The van der Waals surface area contributed by atoms with Gasteiger partial charge in [0.15, 0.2) is 6.61 Å². The first-order chi connectivity index (χ1) is 8.56. The van der Waals surface area contributed by atoms with Gasteiger partial charge in [-0.1, -0.05) is 29.3 Å². The second-order valence-corrected chi connectivity index (χ2v) is 5.69. The molecule has 0 bridgehead atoms. The summed E-state index contributed by atoms with van der Waals surface area (Å²) in [5.74, 6) is -0.426. The van der Waals surface area contributed by atoms with Crippen molar-refractivity contribution in [2.45, 2.75) is 0 Å². The number of halogens is 3. The average Bonchev–Trinajstić information content (AvgIpc) is 2.66. The van der Waals surface area contributed by atoms with E-state index in [2.05, 4.69) is 0 Å². The molecule has 94 valence electrons. The molecular formula is C12H7Cl2FO2S. The first kappa shape index (κ1) is 13.3. The van der Waals surface area contributed by atoms with Crippen molar-refractivity contribution in [3.05, 3.63) is 50.4 Å². The smallest absolute Gasteiger partial charge is 0.202 e. The summed E-state index contributed by atoms with van der Waals surface area (Å²) in [6.07, 6.45) is 0. The van der Waals surface area contributed by atoms with E-state index in [1.165, 1.54) is 24.3 Å². The van der Waals surface area contributed by atoms with Crippen molar-refractivity contribution in [2.24, 2.45) is 0 Å². The molecule has 0 saturated heterocycles. The molecule has 6 heteroatoms. The van der Waals surface area contributed by atoms with Crippen molar-refractivity contribution < 1.29 is 13.9 Å². The summed E-state index contributed by atoms with van der Waals surface area (Å²) in [5, 5.41) is 0. The van der Waals surface area contributed by atoms with Gasteiger partial charge in [-0.3, -0.25) is 4.79 Å². The van der Waals surface area contributed by atoms with E-state index in [0.717, 1.165) is 11.3 Å². The van der Waals surface area contributed by atoms with E-state index in [9.17, 15) is 9.18 Å². The van der Waals surface area contributed by atoms with E-state index in [0.29, 0.717) is 20.0 Å². The van der Waals surface area contributed by atoms with E-state index in [-0.39, 0.29) is 12.4 Å². The molecule has 0 aliphatic heterocycles. The van der Waals surface area contributed by atoms with Gasteiger partial charge in [-0.05, 0) is 18.2 Å². The molecule has 1 aromatic carbocycles. The van der Waals surface area contributed by atoms with Crippen LogP contribution in [0.1, 0.15) is 10.4 Å². The number of hydrogen-bond acceptors (Lipinski definition) is 3. The zero-order valence-electron chi connectivity index (χ0n) is 8.95. The number of ketones is 1. The molecule has 0 saturated carbocycles. The van der Waals surface area contributed by atoms with E-state index >= 15 is 0 Å². The SMILES string of the molecule is O=C(COc1cccc(F)c1)c1cc(Cl)sc1Cl. The van der Waals surface area contributed by atoms with E-state index in [4.69, 9.17) is 27.9 Å². The largest absolute Gasteiger partial charge is 0.485 e. The Balaban J connectivity index is 2.03. The van der Waals surface area contributed by atoms with Crippen LogP contribution in [-0.2, 0) is 0 Å². The van der Waals surface area contributed by atoms with Gasteiger partial charge in [-0.25, -0.2) is 4.39 Å². The minimum Gasteiger partial charge on any atom is -0.485 e. The zero-order valence-corrected chi connectivity index (χ0v) is 11.3. The molecule has 18 heavy (non-hydrogen) atoms. The van der Waals surface area contributed by atoms with Crippen molar-refractivity contribution in [3.63, 3.8) is 0 Å². The number of hydrogen-bond donors (Lipinski definition) is 0. The summed E-state index contributed by atoms with van der Waals surface area (Å²) >= 11 is 12.7. The molecule has 0 spiro atoms. The lowest BCUT2D eigenvalue weighted by atomic mass is 10.2. The minimum absolute atomic E-state index is 0.212. The highest BCUT2D eigenvalue weighted by atomic mass is 35.5. The Morgan fingerprint density at radius 3 is 2.72 bits per heavy atom. The minimum atomic E-state index is -0.420. The van der Waals surface area contributed by atoms with Crippen LogP contribution in [0.5, 0.6) is 5.75 Å². The highest BCUT2D eigenvalue weighted by Crippen LogP contribution is 2.31. The van der Waals surface area contributed by atoms with Gasteiger partial charge in [0.05, 0.1) is 9.90 Å². The van der Waals surface area contributed by atoms with E-state index in [1.54, 1.807) is 6.07 Å². The molecule has 0 N–H and O–H groups in total. The predicted molar refractivity (Wildman–Crippen MR) is 70.6 cm³/mol. The maximum Gasteiger partial charge on any atom is 0.202 e. The zero-order chi connectivity index (χ0) is 13.1. The van der Waals surface area contributed by atoms with Gasteiger partial charge in [-0.15, -0.1) is 11.3 Å². The Hall–Kier alpha value is -1.10. The third-order valence-corrected chi connectivity index (χ3v) is 3.61. The predicted octanol–water partition coefficient (Wildman–Crippen LogP) is 4.46. The van der Waals surface area contributed by atoms with Crippen molar-refractivity contribution in [2.75, 3.05) is 6.61 Å². The molecule has 0 unspecified atom stereocenters. The molecule has 0 aliphatic carbocycles. The Kier molecular flexibility index (Phi) is 4.22. The van der Waals surface area contributed by atoms with Crippen molar-refractivity contribution in [3.8, 4) is 5.75 Å². The van der Waals surface area contributed by atoms with E-state index in [1.807, 2.05) is 0 Å². The fraction of sp³-hybridized carbons (Fsp3) is 0.0833. The van der Waals surface area contributed by atoms with E-state index < -0.39 is 5.82 Å². The van der Waals surface area contributed by atoms with Crippen LogP contribution < -0.4 is 4.74 Å². The summed E-state index contributed by atoms with van der Waals surface area (Å²) in [7, 11) is 0. The van der Waals surface area contributed by atoms with Crippen LogP contribution in [0.4, 0.5) is 4.39 Å². The van der Waals surface area contributed by atoms with Gasteiger partial charge in [0.2, 0.25) is 5.78 Å². The normalized spacial score (nSPS) is 10.4. The Morgan fingerprint density at radius 2 is 2.11 bits per heavy atom. The molecular weight excluding hydrogens is 298 g/mol. The lowest BCUT2D eigenvalue weighted by Crippen LogP contribution is -2.11. The Morgan fingerprint density at radius 1 is 1.33 bits per heavy atom. The molecule has 2 aromatic rings. The summed E-state index contributed by atoms with van der Waals surface area (Å²) < 4.78 is 18.8. The molecule has 0 amide bonds. The first-order valence-electron chi connectivity index (χ1n) is 4.92. The number of rotatable bonds is 4. The van der Waals surface area contributed by atoms with Gasteiger partial charge >= 0.3 is 0 Å². The number of ether oxygens (including phenoxy) is 1. The second-order valence-electron chi connectivity index (χ2n) is 3.41. The number of benzene rings is 1. The van der Waals surface area contributed by atoms with Gasteiger partial charge < -0.3 is 4.74 Å². The summed E-state index contributed by atoms with van der Waals surface area (Å²) in [6.45, 7) is -0.212. The van der Waals surface area contributed by atoms with Crippen molar-refractivity contribution in [1.29, 1.82) is 0 Å². The van der Waals surface area contributed by atoms with Crippen LogP contribution in [0.3, 0.4) is 0 Å². The van der Waals surface area contributed by atoms with Gasteiger partial charge in [0.1, 0.15) is 15.9 Å². The van der Waals surface area contributed by atoms with Crippen LogP contribution >= 0.6 is 34.5 Å². The van der Waals surface area contributed by atoms with Crippen LogP contribution in [0.15, 0.2) is 30.3 Å². The quantitative estimate of drug-likeness (QED) is 0.780. The van der Waals surface area contributed by atoms with Crippen molar-refractivity contribution >= 4 is 40.3 Å². The summed E-state index contributed by atoms with van der Waals surface area (Å²) in [5.41, 5.74) is 0.322. The lowest BCUT2D eigenvalue weighted by molar-refractivity contribution is 0.0922. The standard InChI is InChI=1S/C12H7Cl2FO2S/c13-11-5-9(12(14)18-11)10(16)6-17-8-3-1-2-7(15)4-8/h1-5H,6H2. The highest BCUT2D eigenvalue weighted by molar-refractivity contribution is 7.20. The van der Waals surface area contributed by atoms with Gasteiger partial charge in [0, 0.05) is 6.07 Å². The van der Waals surface area contributed by atoms with Crippen LogP contribution in [0.25, 0.3) is 0 Å². The average molecular weight is 305 g/mol. The topological polar surface area (TPSA) is 26.3 Å². The Labute approximate surface area is 117 Å². The lowest BCUT2D eigenvalue weighted by Gasteiger charge is -2.04. The molecule has 2 rings (SSSR count). The molecule has 0 atom stereocenters. The van der Waals surface area contributed by atoms with Gasteiger partial charge in [0.25, 0.3) is 0 Å². The summed E-state index contributed by atoms with van der Waals surface area (Å²) in [6, 6.07) is 7.06. The number of carbonyl (C=O) groups excluding carboxylic acids is 1. The molecule has 2 nitrogen and oxygen atoms in total. The van der Waals surface area contributed by atoms with Crippen molar-refractivity contribution in [1.82, 2.24) is 0 Å².